The van der Waals surface area contributed by atoms with Crippen LogP contribution in [0.2, 0.25) is 0 Å². The van der Waals surface area contributed by atoms with Gasteiger partial charge < -0.3 is 9.72 Å². The highest BCUT2D eigenvalue weighted by Crippen LogP contribution is 2.23. The lowest BCUT2D eigenvalue weighted by atomic mass is 10.1. The molecule has 0 atom stereocenters. The molecule has 17 heavy (non-hydrogen) atoms. The molecule has 1 heterocycles. The minimum atomic E-state index is -0.128. The van der Waals surface area contributed by atoms with Crippen LogP contribution in [0.1, 0.15) is 24.6 Å². The fraction of sp³-hybridized carbons (Fsp3) is 0.357. The van der Waals surface area contributed by atoms with Gasteiger partial charge in [-0.25, -0.2) is 0 Å². The Bertz CT molecular complexity index is 528. The van der Waals surface area contributed by atoms with Crippen molar-refractivity contribution in [3.8, 4) is 0 Å². The summed E-state index contributed by atoms with van der Waals surface area (Å²) in [6.07, 6.45) is 1.17. The molecule has 90 valence electrons. The number of esters is 1. The standard InChI is InChI=1S/C14H17NO2/c1-3-17-14(16)9-8-11-10(2)15-13-7-5-4-6-12(11)13/h4-7,15H,3,8-9H2,1-2H3. The second-order valence-electron chi connectivity index (χ2n) is 4.08. The Morgan fingerprint density at radius 3 is 2.88 bits per heavy atom. The van der Waals surface area contributed by atoms with Crippen molar-refractivity contribution < 1.29 is 9.53 Å². The fourth-order valence-corrected chi connectivity index (χ4v) is 2.12. The van der Waals surface area contributed by atoms with Gasteiger partial charge in [-0.05, 0) is 31.9 Å². The van der Waals surface area contributed by atoms with Crippen molar-refractivity contribution in [3.05, 3.63) is 35.5 Å². The molecule has 0 unspecified atom stereocenters. The van der Waals surface area contributed by atoms with Crippen molar-refractivity contribution in [3.63, 3.8) is 0 Å². The Hall–Kier alpha value is -1.77. The number of hydrogen-bond acceptors (Lipinski definition) is 2. The van der Waals surface area contributed by atoms with E-state index in [0.717, 1.165) is 17.6 Å². The number of carbonyl (C=O) groups is 1. The summed E-state index contributed by atoms with van der Waals surface area (Å²) in [7, 11) is 0. The molecule has 0 bridgehead atoms. The number of aromatic nitrogens is 1. The molecule has 0 saturated heterocycles. The molecule has 2 rings (SSSR count). The summed E-state index contributed by atoms with van der Waals surface area (Å²) in [6.45, 7) is 4.32. The molecule has 0 aliphatic rings. The number of benzene rings is 1. The minimum absolute atomic E-state index is 0.128. The average Bonchev–Trinajstić information content (AvgIpc) is 2.62. The maximum atomic E-state index is 11.4. The van der Waals surface area contributed by atoms with Crippen LogP contribution in [0.4, 0.5) is 0 Å². The molecule has 0 aliphatic heterocycles. The number of aryl methyl sites for hydroxylation is 2. The monoisotopic (exact) mass is 231 g/mol. The van der Waals surface area contributed by atoms with Gasteiger partial charge in [0.05, 0.1) is 6.61 Å². The van der Waals surface area contributed by atoms with Gasteiger partial charge in [0.2, 0.25) is 0 Å². The summed E-state index contributed by atoms with van der Waals surface area (Å²) in [5, 5.41) is 1.20. The number of fused-ring (bicyclic) bond motifs is 1. The molecule has 1 aromatic heterocycles. The number of ether oxygens (including phenoxy) is 1. The Balaban J connectivity index is 2.18. The van der Waals surface area contributed by atoms with Gasteiger partial charge >= 0.3 is 5.97 Å². The van der Waals surface area contributed by atoms with Gasteiger partial charge in [-0.1, -0.05) is 18.2 Å². The molecule has 1 N–H and O–H groups in total. The number of para-hydroxylation sites is 1. The van der Waals surface area contributed by atoms with E-state index in [-0.39, 0.29) is 5.97 Å². The quantitative estimate of drug-likeness (QED) is 0.822. The van der Waals surface area contributed by atoms with E-state index >= 15 is 0 Å². The Morgan fingerprint density at radius 1 is 1.35 bits per heavy atom. The number of nitrogens with one attached hydrogen (secondary N) is 1. The highest BCUT2D eigenvalue weighted by atomic mass is 16.5. The molecule has 0 spiro atoms. The summed E-state index contributed by atoms with van der Waals surface area (Å²) in [5.41, 5.74) is 3.48. The van der Waals surface area contributed by atoms with Crippen LogP contribution in [-0.4, -0.2) is 17.6 Å². The molecule has 3 nitrogen and oxygen atoms in total. The maximum absolute atomic E-state index is 11.4. The Morgan fingerprint density at radius 2 is 2.12 bits per heavy atom. The molecular weight excluding hydrogens is 214 g/mol. The number of rotatable bonds is 4. The first-order chi connectivity index (χ1) is 8.22. The predicted octanol–water partition coefficient (Wildman–Crippen LogP) is 2.97. The average molecular weight is 231 g/mol. The van der Waals surface area contributed by atoms with Crippen LogP contribution in [0, 0.1) is 6.92 Å². The SMILES string of the molecule is CCOC(=O)CCc1c(C)[nH]c2ccccc12. The van der Waals surface area contributed by atoms with Crippen LogP contribution in [0.5, 0.6) is 0 Å². The van der Waals surface area contributed by atoms with Gasteiger partial charge in [-0.3, -0.25) is 4.79 Å². The smallest absolute Gasteiger partial charge is 0.306 e. The summed E-state index contributed by atoms with van der Waals surface area (Å²) >= 11 is 0. The summed E-state index contributed by atoms with van der Waals surface area (Å²) in [6, 6.07) is 8.16. The Labute approximate surface area is 101 Å². The van der Waals surface area contributed by atoms with Crippen molar-refractivity contribution in [1.82, 2.24) is 4.98 Å². The summed E-state index contributed by atoms with van der Waals surface area (Å²) < 4.78 is 4.94. The Kier molecular flexibility index (Phi) is 3.47. The van der Waals surface area contributed by atoms with E-state index < -0.39 is 0 Å². The van der Waals surface area contributed by atoms with Crippen molar-refractivity contribution in [2.45, 2.75) is 26.7 Å². The zero-order chi connectivity index (χ0) is 12.3. The maximum Gasteiger partial charge on any atom is 0.306 e. The third-order valence-corrected chi connectivity index (χ3v) is 2.91. The molecule has 0 fully saturated rings. The van der Waals surface area contributed by atoms with Gasteiger partial charge in [-0.2, -0.15) is 0 Å². The van der Waals surface area contributed by atoms with Crippen LogP contribution in [0.15, 0.2) is 24.3 Å². The number of aromatic amines is 1. The first-order valence-corrected chi connectivity index (χ1v) is 5.94. The van der Waals surface area contributed by atoms with Crippen molar-refractivity contribution in [2.75, 3.05) is 6.61 Å². The summed E-state index contributed by atoms with van der Waals surface area (Å²) in [4.78, 5) is 14.7. The van der Waals surface area contributed by atoms with Gasteiger partial charge in [-0.15, -0.1) is 0 Å². The third-order valence-electron chi connectivity index (χ3n) is 2.91. The second-order valence-corrected chi connectivity index (χ2v) is 4.08. The van der Waals surface area contributed by atoms with Gasteiger partial charge in [0, 0.05) is 23.0 Å². The molecule has 3 heteroatoms. The molecule has 0 aliphatic carbocycles. The zero-order valence-corrected chi connectivity index (χ0v) is 10.2. The summed E-state index contributed by atoms with van der Waals surface area (Å²) in [5.74, 6) is -0.128. The number of H-pyrrole nitrogens is 1. The molecule has 0 saturated carbocycles. The van der Waals surface area contributed by atoms with E-state index in [0.29, 0.717) is 13.0 Å². The van der Waals surface area contributed by atoms with Gasteiger partial charge in [0.25, 0.3) is 0 Å². The minimum Gasteiger partial charge on any atom is -0.466 e. The normalized spacial score (nSPS) is 10.7. The lowest BCUT2D eigenvalue weighted by Crippen LogP contribution is -2.05. The van der Waals surface area contributed by atoms with E-state index in [1.165, 1.54) is 10.9 Å². The van der Waals surface area contributed by atoms with E-state index in [2.05, 4.69) is 17.1 Å². The first-order valence-electron chi connectivity index (χ1n) is 5.94. The molecule has 0 radical (unpaired) electrons. The lowest BCUT2D eigenvalue weighted by Gasteiger charge is -2.02. The highest BCUT2D eigenvalue weighted by Gasteiger charge is 2.10. The van der Waals surface area contributed by atoms with Crippen LogP contribution in [-0.2, 0) is 16.0 Å². The predicted molar refractivity (Wildman–Crippen MR) is 68.0 cm³/mol. The molecule has 2 aromatic rings. The van der Waals surface area contributed by atoms with Crippen molar-refractivity contribution >= 4 is 16.9 Å². The van der Waals surface area contributed by atoms with E-state index in [4.69, 9.17) is 4.74 Å². The third kappa shape index (κ3) is 2.49. The van der Waals surface area contributed by atoms with E-state index in [1.54, 1.807) is 0 Å². The fourth-order valence-electron chi connectivity index (χ4n) is 2.12. The van der Waals surface area contributed by atoms with Crippen LogP contribution in [0.25, 0.3) is 10.9 Å². The second kappa shape index (κ2) is 5.04. The largest absolute Gasteiger partial charge is 0.466 e. The topological polar surface area (TPSA) is 42.1 Å². The molecule has 0 amide bonds. The highest BCUT2D eigenvalue weighted by molar-refractivity contribution is 5.85. The van der Waals surface area contributed by atoms with Crippen molar-refractivity contribution in [2.24, 2.45) is 0 Å². The van der Waals surface area contributed by atoms with Gasteiger partial charge in [0.15, 0.2) is 0 Å². The molecular formula is C14H17NO2. The van der Waals surface area contributed by atoms with E-state index in [9.17, 15) is 4.79 Å². The lowest BCUT2D eigenvalue weighted by molar-refractivity contribution is -0.143. The molecule has 1 aromatic carbocycles. The van der Waals surface area contributed by atoms with Crippen LogP contribution in [0.3, 0.4) is 0 Å². The van der Waals surface area contributed by atoms with Crippen LogP contribution >= 0.6 is 0 Å². The van der Waals surface area contributed by atoms with Crippen molar-refractivity contribution in [1.29, 1.82) is 0 Å². The number of carbonyl (C=O) groups excluding carboxylic acids is 1. The first kappa shape index (κ1) is 11.7. The zero-order valence-electron chi connectivity index (χ0n) is 10.2. The number of hydrogen-bond donors (Lipinski definition) is 1. The van der Waals surface area contributed by atoms with E-state index in [1.807, 2.05) is 26.0 Å². The van der Waals surface area contributed by atoms with Gasteiger partial charge in [0.1, 0.15) is 0 Å². The van der Waals surface area contributed by atoms with Crippen LogP contribution < -0.4 is 0 Å².